The van der Waals surface area contributed by atoms with Gasteiger partial charge in [0.05, 0.1) is 23.4 Å². The molecular weight excluding hydrogens is 290 g/mol. The third-order valence-corrected chi connectivity index (χ3v) is 4.40. The summed E-state index contributed by atoms with van der Waals surface area (Å²) >= 11 is 1.57. The normalized spacial score (nSPS) is 11.8. The summed E-state index contributed by atoms with van der Waals surface area (Å²) < 4.78 is 0. The Labute approximate surface area is 133 Å². The lowest BCUT2D eigenvalue weighted by Crippen LogP contribution is -2.12. The molecule has 2 N–H and O–H groups in total. The minimum absolute atomic E-state index is 0.111. The first-order chi connectivity index (χ1) is 10.8. The lowest BCUT2D eigenvalue weighted by Gasteiger charge is -2.08. The Kier molecular flexibility index (Phi) is 4.29. The quantitative estimate of drug-likeness (QED) is 0.794. The number of aromatic nitrogens is 1. The monoisotopic (exact) mass is 305 g/mol. The average molecular weight is 305 g/mol. The van der Waals surface area contributed by atoms with E-state index in [4.69, 9.17) is 11.0 Å². The second-order valence-electron chi connectivity index (χ2n) is 5.06. The maximum absolute atomic E-state index is 8.98. The summed E-state index contributed by atoms with van der Waals surface area (Å²) in [5.41, 5.74) is 9.94. The molecule has 0 radical (unpaired) electrons. The van der Waals surface area contributed by atoms with E-state index < -0.39 is 0 Å². The molecule has 1 unspecified atom stereocenters. The SMILES string of the molecule is N#Cc1cccc(-c2csc(C(N)Cc3ccccc3)n2)c1. The molecule has 0 aliphatic rings. The maximum Gasteiger partial charge on any atom is 0.110 e. The van der Waals surface area contributed by atoms with Crippen LogP contribution in [0.1, 0.15) is 22.2 Å². The molecule has 1 aromatic heterocycles. The first-order valence-corrected chi connectivity index (χ1v) is 7.89. The van der Waals surface area contributed by atoms with Gasteiger partial charge in [0.25, 0.3) is 0 Å². The Morgan fingerprint density at radius 2 is 1.95 bits per heavy atom. The Morgan fingerprint density at radius 1 is 1.14 bits per heavy atom. The van der Waals surface area contributed by atoms with Gasteiger partial charge in [0.15, 0.2) is 0 Å². The molecule has 0 spiro atoms. The summed E-state index contributed by atoms with van der Waals surface area (Å²) in [7, 11) is 0. The molecule has 0 saturated carbocycles. The van der Waals surface area contributed by atoms with Crippen molar-refractivity contribution >= 4 is 11.3 Å². The van der Waals surface area contributed by atoms with Gasteiger partial charge in [-0.05, 0) is 24.1 Å². The van der Waals surface area contributed by atoms with E-state index >= 15 is 0 Å². The fourth-order valence-corrected chi connectivity index (χ4v) is 3.12. The molecule has 4 heteroatoms. The summed E-state index contributed by atoms with van der Waals surface area (Å²) in [5.74, 6) is 0. The largest absolute Gasteiger partial charge is 0.322 e. The highest BCUT2D eigenvalue weighted by Gasteiger charge is 2.13. The molecule has 0 amide bonds. The van der Waals surface area contributed by atoms with Crippen LogP contribution < -0.4 is 5.73 Å². The van der Waals surface area contributed by atoms with E-state index in [1.54, 1.807) is 17.4 Å². The number of nitrogens with zero attached hydrogens (tertiary/aromatic N) is 2. The predicted octanol–water partition coefficient (Wildman–Crippen LogP) is 3.92. The van der Waals surface area contributed by atoms with Crippen LogP contribution in [0.15, 0.2) is 60.0 Å². The fourth-order valence-electron chi connectivity index (χ4n) is 2.29. The molecule has 0 aliphatic carbocycles. The number of rotatable bonds is 4. The zero-order valence-corrected chi connectivity index (χ0v) is 12.8. The molecular formula is C18H15N3S. The van der Waals surface area contributed by atoms with Crippen molar-refractivity contribution < 1.29 is 0 Å². The van der Waals surface area contributed by atoms with Gasteiger partial charge in [0, 0.05) is 10.9 Å². The van der Waals surface area contributed by atoms with Gasteiger partial charge in [-0.3, -0.25) is 0 Å². The first kappa shape index (κ1) is 14.5. The number of hydrogen-bond donors (Lipinski definition) is 1. The van der Waals surface area contributed by atoms with Crippen LogP contribution in [0.25, 0.3) is 11.3 Å². The molecule has 1 heterocycles. The highest BCUT2D eigenvalue weighted by molar-refractivity contribution is 7.10. The van der Waals surface area contributed by atoms with Crippen molar-refractivity contribution in [2.45, 2.75) is 12.5 Å². The van der Waals surface area contributed by atoms with E-state index in [1.165, 1.54) is 5.56 Å². The van der Waals surface area contributed by atoms with E-state index in [2.05, 4.69) is 23.2 Å². The smallest absolute Gasteiger partial charge is 0.110 e. The third kappa shape index (κ3) is 3.22. The lowest BCUT2D eigenvalue weighted by atomic mass is 10.1. The molecule has 22 heavy (non-hydrogen) atoms. The van der Waals surface area contributed by atoms with Crippen molar-refractivity contribution in [1.29, 1.82) is 5.26 Å². The zero-order chi connectivity index (χ0) is 15.4. The van der Waals surface area contributed by atoms with E-state index in [9.17, 15) is 0 Å². The Balaban J connectivity index is 1.80. The van der Waals surface area contributed by atoms with Crippen LogP contribution in [0.3, 0.4) is 0 Å². The Morgan fingerprint density at radius 3 is 2.73 bits per heavy atom. The second-order valence-corrected chi connectivity index (χ2v) is 5.95. The topological polar surface area (TPSA) is 62.7 Å². The highest BCUT2D eigenvalue weighted by Crippen LogP contribution is 2.26. The van der Waals surface area contributed by atoms with Crippen LogP contribution in [0, 0.1) is 11.3 Å². The van der Waals surface area contributed by atoms with Gasteiger partial charge < -0.3 is 5.73 Å². The average Bonchev–Trinajstić information content (AvgIpc) is 3.06. The van der Waals surface area contributed by atoms with Crippen LogP contribution in [-0.4, -0.2) is 4.98 Å². The first-order valence-electron chi connectivity index (χ1n) is 7.02. The number of nitriles is 1. The molecule has 0 fully saturated rings. The van der Waals surface area contributed by atoms with Crippen LogP contribution in [-0.2, 0) is 6.42 Å². The molecule has 3 aromatic rings. The van der Waals surface area contributed by atoms with Crippen molar-refractivity contribution in [2.75, 3.05) is 0 Å². The highest BCUT2D eigenvalue weighted by atomic mass is 32.1. The van der Waals surface area contributed by atoms with E-state index in [0.717, 1.165) is 22.7 Å². The molecule has 108 valence electrons. The van der Waals surface area contributed by atoms with E-state index in [0.29, 0.717) is 5.56 Å². The number of thiazole rings is 1. The Hall–Kier alpha value is -2.48. The second kappa shape index (κ2) is 6.52. The van der Waals surface area contributed by atoms with Crippen LogP contribution in [0.5, 0.6) is 0 Å². The van der Waals surface area contributed by atoms with E-state index in [-0.39, 0.29) is 6.04 Å². The van der Waals surface area contributed by atoms with Crippen molar-refractivity contribution in [2.24, 2.45) is 5.73 Å². The molecule has 1 atom stereocenters. The van der Waals surface area contributed by atoms with Crippen LogP contribution in [0.4, 0.5) is 0 Å². The minimum Gasteiger partial charge on any atom is -0.322 e. The van der Waals surface area contributed by atoms with E-state index in [1.807, 2.05) is 41.8 Å². The van der Waals surface area contributed by atoms with Crippen molar-refractivity contribution in [3.05, 3.63) is 76.1 Å². The Bertz CT molecular complexity index is 802. The van der Waals surface area contributed by atoms with Crippen molar-refractivity contribution in [3.63, 3.8) is 0 Å². The van der Waals surface area contributed by atoms with Gasteiger partial charge in [-0.25, -0.2) is 4.98 Å². The predicted molar refractivity (Wildman–Crippen MR) is 89.3 cm³/mol. The van der Waals surface area contributed by atoms with Crippen molar-refractivity contribution in [1.82, 2.24) is 4.98 Å². The number of benzene rings is 2. The molecule has 0 saturated heterocycles. The number of hydrogen-bond acceptors (Lipinski definition) is 4. The van der Waals surface area contributed by atoms with Crippen molar-refractivity contribution in [3.8, 4) is 17.3 Å². The summed E-state index contributed by atoms with van der Waals surface area (Å²) in [6.45, 7) is 0. The fraction of sp³-hybridized carbons (Fsp3) is 0.111. The van der Waals surface area contributed by atoms with Gasteiger partial charge >= 0.3 is 0 Å². The van der Waals surface area contributed by atoms with Gasteiger partial charge in [0.1, 0.15) is 5.01 Å². The van der Waals surface area contributed by atoms with Gasteiger partial charge in [-0.2, -0.15) is 5.26 Å². The lowest BCUT2D eigenvalue weighted by molar-refractivity contribution is 0.716. The van der Waals surface area contributed by atoms with Gasteiger partial charge in [-0.1, -0.05) is 42.5 Å². The van der Waals surface area contributed by atoms with Crippen LogP contribution >= 0.6 is 11.3 Å². The van der Waals surface area contributed by atoms with Gasteiger partial charge in [-0.15, -0.1) is 11.3 Å². The molecule has 2 aromatic carbocycles. The zero-order valence-electron chi connectivity index (χ0n) is 11.9. The molecule has 0 bridgehead atoms. The maximum atomic E-state index is 8.98. The van der Waals surface area contributed by atoms with Crippen LogP contribution in [0.2, 0.25) is 0 Å². The minimum atomic E-state index is -0.111. The number of nitrogens with two attached hydrogens (primary N) is 1. The molecule has 0 aliphatic heterocycles. The molecule has 3 nitrogen and oxygen atoms in total. The summed E-state index contributed by atoms with van der Waals surface area (Å²) in [4.78, 5) is 4.64. The summed E-state index contributed by atoms with van der Waals surface area (Å²) in [5, 5.41) is 11.9. The molecule has 3 rings (SSSR count). The third-order valence-electron chi connectivity index (χ3n) is 3.43. The summed E-state index contributed by atoms with van der Waals surface area (Å²) in [6.07, 6.45) is 0.770. The van der Waals surface area contributed by atoms with Gasteiger partial charge in [0.2, 0.25) is 0 Å². The standard InChI is InChI=1S/C18H15N3S/c19-11-14-7-4-8-15(9-14)17-12-22-18(21-17)16(20)10-13-5-2-1-3-6-13/h1-9,12,16H,10,20H2. The summed E-state index contributed by atoms with van der Waals surface area (Å²) in [6, 6.07) is 19.7.